The Morgan fingerprint density at radius 2 is 1.73 bits per heavy atom. The third-order valence-electron chi connectivity index (χ3n) is 2.72. The second kappa shape index (κ2) is 4.90. The number of hydrogen-bond acceptors (Lipinski definition) is 2. The maximum atomic E-state index is 6.02. The van der Waals surface area contributed by atoms with Crippen molar-refractivity contribution in [3.8, 4) is 0 Å². The molecule has 0 amide bonds. The lowest BCUT2D eigenvalue weighted by molar-refractivity contribution is 0.377. The van der Waals surface area contributed by atoms with Crippen LogP contribution in [-0.2, 0) is 4.43 Å². The van der Waals surface area contributed by atoms with Crippen LogP contribution in [0.15, 0.2) is 0 Å². The molecule has 2 nitrogen and oxygen atoms in total. The fourth-order valence-electron chi connectivity index (χ4n) is 1.59. The summed E-state index contributed by atoms with van der Waals surface area (Å²) in [7, 11) is 0.271. The minimum absolute atomic E-state index is 0.308. The quantitative estimate of drug-likeness (QED) is 0.648. The molecule has 2 N–H and O–H groups in total. The van der Waals surface area contributed by atoms with Gasteiger partial charge in [-0.1, -0.05) is 20.8 Å². The smallest absolute Gasteiger partial charge is 0.207 e. The van der Waals surface area contributed by atoms with Crippen LogP contribution in [0.5, 0.6) is 0 Å². The van der Waals surface area contributed by atoms with Gasteiger partial charge in [0.2, 0.25) is 8.32 Å². The molecular formula is C8H21NOSi. The Labute approximate surface area is 71.3 Å². The van der Waals surface area contributed by atoms with Gasteiger partial charge in [0.05, 0.1) is 0 Å². The van der Waals surface area contributed by atoms with Gasteiger partial charge in [0.15, 0.2) is 0 Å². The molecule has 0 bridgehead atoms. The monoisotopic (exact) mass is 175 g/mol. The van der Waals surface area contributed by atoms with Gasteiger partial charge < -0.3 is 10.2 Å². The summed E-state index contributed by atoms with van der Waals surface area (Å²) in [5.74, 6) is 0. The molecule has 0 aliphatic heterocycles. The maximum Gasteiger partial charge on any atom is 0.207 e. The summed E-state index contributed by atoms with van der Waals surface area (Å²) in [5.41, 5.74) is 6.33. The van der Waals surface area contributed by atoms with Crippen molar-refractivity contribution < 1.29 is 4.43 Å². The normalized spacial score (nSPS) is 15.0. The van der Waals surface area contributed by atoms with Gasteiger partial charge in [-0.15, -0.1) is 0 Å². The van der Waals surface area contributed by atoms with Crippen molar-refractivity contribution in [1.29, 1.82) is 0 Å². The zero-order valence-electron chi connectivity index (χ0n) is 8.18. The summed E-state index contributed by atoms with van der Waals surface area (Å²) >= 11 is 0. The van der Waals surface area contributed by atoms with E-state index in [0.29, 0.717) is 5.67 Å². The number of nitrogens with two attached hydrogens (primary N) is 1. The molecule has 0 aromatic heterocycles. The Hall–Kier alpha value is 0.137. The number of hydrogen-bond donors (Lipinski definition) is 1. The van der Waals surface area contributed by atoms with E-state index < -0.39 is 8.32 Å². The van der Waals surface area contributed by atoms with Crippen molar-refractivity contribution in [2.75, 3.05) is 7.11 Å². The molecule has 1 unspecified atom stereocenters. The van der Waals surface area contributed by atoms with E-state index in [4.69, 9.17) is 10.2 Å². The molecule has 3 heteroatoms. The molecule has 0 saturated heterocycles. The van der Waals surface area contributed by atoms with Gasteiger partial charge >= 0.3 is 0 Å². The molecule has 68 valence electrons. The highest BCUT2D eigenvalue weighted by molar-refractivity contribution is 6.75. The molecule has 0 radical (unpaired) electrons. The van der Waals surface area contributed by atoms with Crippen LogP contribution in [0.3, 0.4) is 0 Å². The zero-order valence-corrected chi connectivity index (χ0v) is 9.18. The Morgan fingerprint density at radius 1 is 1.27 bits per heavy atom. The van der Waals surface area contributed by atoms with E-state index in [-0.39, 0.29) is 0 Å². The van der Waals surface area contributed by atoms with E-state index in [1.54, 1.807) is 0 Å². The van der Waals surface area contributed by atoms with E-state index in [2.05, 4.69) is 20.8 Å². The average molecular weight is 175 g/mol. The summed E-state index contributed by atoms with van der Waals surface area (Å²) < 4.78 is 5.60. The van der Waals surface area contributed by atoms with Gasteiger partial charge in [0, 0.05) is 12.8 Å². The van der Waals surface area contributed by atoms with E-state index in [0.717, 1.165) is 18.5 Å². The van der Waals surface area contributed by atoms with Crippen molar-refractivity contribution in [2.45, 2.75) is 44.9 Å². The predicted octanol–water partition coefficient (Wildman–Crippen LogP) is 1.89. The largest absolute Gasteiger partial charge is 0.418 e. The van der Waals surface area contributed by atoms with Gasteiger partial charge in [-0.3, -0.25) is 0 Å². The second-order valence-electron chi connectivity index (χ2n) is 2.99. The SMILES string of the molecule is CCC(N)[Si](CC)(CC)OC. The lowest BCUT2D eigenvalue weighted by Crippen LogP contribution is -2.53. The topological polar surface area (TPSA) is 35.2 Å². The van der Waals surface area contributed by atoms with E-state index >= 15 is 0 Å². The molecule has 0 aromatic carbocycles. The molecule has 0 heterocycles. The van der Waals surface area contributed by atoms with Crippen LogP contribution in [0.1, 0.15) is 27.2 Å². The first kappa shape index (κ1) is 11.1. The van der Waals surface area contributed by atoms with Crippen LogP contribution in [-0.4, -0.2) is 21.1 Å². The van der Waals surface area contributed by atoms with Crippen molar-refractivity contribution in [3.63, 3.8) is 0 Å². The molecule has 1 atom stereocenters. The molecule has 11 heavy (non-hydrogen) atoms. The van der Waals surface area contributed by atoms with Gasteiger partial charge in [0.1, 0.15) is 0 Å². The van der Waals surface area contributed by atoms with Crippen molar-refractivity contribution in [1.82, 2.24) is 0 Å². The summed E-state index contributed by atoms with van der Waals surface area (Å²) in [5, 5.41) is 0. The maximum absolute atomic E-state index is 6.02. The van der Waals surface area contributed by atoms with Crippen LogP contribution < -0.4 is 5.73 Å². The summed E-state index contributed by atoms with van der Waals surface area (Å²) in [6, 6.07) is 2.27. The highest BCUT2D eigenvalue weighted by Crippen LogP contribution is 2.20. The molecule has 0 rings (SSSR count). The minimum atomic E-state index is -1.54. The minimum Gasteiger partial charge on any atom is -0.418 e. The zero-order chi connectivity index (χ0) is 8.91. The van der Waals surface area contributed by atoms with Crippen LogP contribution in [0, 0.1) is 0 Å². The first-order chi connectivity index (χ1) is 5.16. The van der Waals surface area contributed by atoms with Crippen LogP contribution in [0.25, 0.3) is 0 Å². The Kier molecular flexibility index (Phi) is 4.96. The fraction of sp³-hybridized carbons (Fsp3) is 1.00. The van der Waals surface area contributed by atoms with Crippen LogP contribution in [0.2, 0.25) is 12.1 Å². The van der Waals surface area contributed by atoms with Gasteiger partial charge in [-0.05, 0) is 18.5 Å². The third-order valence-corrected chi connectivity index (χ3v) is 7.69. The van der Waals surface area contributed by atoms with E-state index in [9.17, 15) is 0 Å². The third kappa shape index (κ3) is 2.29. The van der Waals surface area contributed by atoms with Crippen LogP contribution >= 0.6 is 0 Å². The standard InChI is InChI=1S/C8H21NOSi/c1-5-8(9)11(6-2,7-3)10-4/h8H,5-7,9H2,1-4H3. The van der Waals surface area contributed by atoms with Crippen LogP contribution in [0.4, 0.5) is 0 Å². The van der Waals surface area contributed by atoms with Crippen molar-refractivity contribution >= 4 is 8.32 Å². The van der Waals surface area contributed by atoms with Gasteiger partial charge in [-0.2, -0.15) is 0 Å². The molecule has 0 aliphatic carbocycles. The fourth-order valence-corrected chi connectivity index (χ4v) is 4.76. The molecule has 0 aromatic rings. The lowest BCUT2D eigenvalue weighted by Gasteiger charge is -2.32. The van der Waals surface area contributed by atoms with Gasteiger partial charge in [0.25, 0.3) is 0 Å². The highest BCUT2D eigenvalue weighted by atomic mass is 28.4. The molecular weight excluding hydrogens is 154 g/mol. The van der Waals surface area contributed by atoms with E-state index in [1.807, 2.05) is 7.11 Å². The lowest BCUT2D eigenvalue weighted by atomic mass is 10.5. The predicted molar refractivity (Wildman–Crippen MR) is 52.0 cm³/mol. The molecule has 0 fully saturated rings. The average Bonchev–Trinajstić information content (AvgIpc) is 2.08. The second-order valence-corrected chi connectivity index (χ2v) is 7.68. The molecule has 0 spiro atoms. The van der Waals surface area contributed by atoms with Crippen molar-refractivity contribution in [3.05, 3.63) is 0 Å². The first-order valence-corrected chi connectivity index (χ1v) is 6.87. The first-order valence-electron chi connectivity index (χ1n) is 4.47. The van der Waals surface area contributed by atoms with E-state index in [1.165, 1.54) is 0 Å². The van der Waals surface area contributed by atoms with Gasteiger partial charge in [-0.25, -0.2) is 0 Å². The Bertz CT molecular complexity index is 96.0. The summed E-state index contributed by atoms with van der Waals surface area (Å²) in [6.07, 6.45) is 1.04. The summed E-state index contributed by atoms with van der Waals surface area (Å²) in [6.45, 7) is 6.51. The summed E-state index contributed by atoms with van der Waals surface area (Å²) in [4.78, 5) is 0. The Balaban J connectivity index is 4.26. The molecule has 0 aliphatic rings. The number of rotatable bonds is 5. The Morgan fingerprint density at radius 3 is 1.82 bits per heavy atom. The highest BCUT2D eigenvalue weighted by Gasteiger charge is 2.35. The molecule has 0 saturated carbocycles. The van der Waals surface area contributed by atoms with Crippen molar-refractivity contribution in [2.24, 2.45) is 5.73 Å².